The molecule has 0 bridgehead atoms. The van der Waals surface area contributed by atoms with Crippen LogP contribution in [0.5, 0.6) is 0 Å². The summed E-state index contributed by atoms with van der Waals surface area (Å²) in [5.74, 6) is -1.24. The first-order chi connectivity index (χ1) is 9.50. The van der Waals surface area contributed by atoms with Crippen LogP contribution in [0.1, 0.15) is 65.0 Å². The molecule has 0 saturated heterocycles. The van der Waals surface area contributed by atoms with Gasteiger partial charge < -0.3 is 10.4 Å². The molecule has 3 heteroatoms. The Balaban J connectivity index is 2.62. The van der Waals surface area contributed by atoms with Gasteiger partial charge in [0.2, 0.25) is 0 Å². The largest absolute Gasteiger partial charge is 0.481 e. The number of rotatable bonds is 6. The molecule has 0 radical (unpaired) electrons. The second kappa shape index (κ2) is 6.61. The molecule has 118 valence electrons. The van der Waals surface area contributed by atoms with E-state index in [0.29, 0.717) is 0 Å². The van der Waals surface area contributed by atoms with Crippen LogP contribution >= 0.6 is 0 Å². The number of nitrogens with one attached hydrogen (secondary N) is 1. The standard InChI is InChI=1S/C18H29NO2/c1-13(16(20)21)15-9-7-14(8-10-15)11-19-18(5,6)12-17(2,3)4/h7-10,13,19H,11-12H2,1-6H3,(H,20,21). The fraction of sp³-hybridized carbons (Fsp3) is 0.611. The van der Waals surface area contributed by atoms with E-state index in [9.17, 15) is 4.79 Å². The molecule has 2 N–H and O–H groups in total. The van der Waals surface area contributed by atoms with E-state index in [0.717, 1.165) is 18.5 Å². The fourth-order valence-corrected chi connectivity index (χ4v) is 2.80. The number of aliphatic carboxylic acids is 1. The minimum atomic E-state index is -0.785. The quantitative estimate of drug-likeness (QED) is 0.826. The second-order valence-electron chi connectivity index (χ2n) is 7.78. The lowest BCUT2D eigenvalue weighted by atomic mass is 9.82. The molecule has 0 spiro atoms. The predicted octanol–water partition coefficient (Wildman–Crippen LogP) is 4.18. The van der Waals surface area contributed by atoms with Gasteiger partial charge >= 0.3 is 5.97 Å². The first-order valence-electron chi connectivity index (χ1n) is 7.57. The van der Waals surface area contributed by atoms with Crippen molar-refractivity contribution in [2.24, 2.45) is 5.41 Å². The van der Waals surface area contributed by atoms with E-state index in [-0.39, 0.29) is 11.0 Å². The van der Waals surface area contributed by atoms with Crippen molar-refractivity contribution in [2.45, 2.75) is 66.0 Å². The van der Waals surface area contributed by atoms with Crippen LogP contribution in [0.15, 0.2) is 24.3 Å². The van der Waals surface area contributed by atoms with E-state index < -0.39 is 11.9 Å². The van der Waals surface area contributed by atoms with Crippen molar-refractivity contribution in [1.29, 1.82) is 0 Å². The predicted molar refractivity (Wildman–Crippen MR) is 87.5 cm³/mol. The normalized spacial score (nSPS) is 14.0. The highest BCUT2D eigenvalue weighted by atomic mass is 16.4. The van der Waals surface area contributed by atoms with Crippen LogP contribution in [-0.4, -0.2) is 16.6 Å². The molecule has 0 fully saturated rings. The molecule has 0 amide bonds. The van der Waals surface area contributed by atoms with Gasteiger partial charge in [-0.2, -0.15) is 0 Å². The zero-order valence-electron chi connectivity index (χ0n) is 14.2. The van der Waals surface area contributed by atoms with E-state index in [1.54, 1.807) is 6.92 Å². The van der Waals surface area contributed by atoms with Gasteiger partial charge in [0.05, 0.1) is 5.92 Å². The lowest BCUT2D eigenvalue weighted by molar-refractivity contribution is -0.138. The van der Waals surface area contributed by atoms with Gasteiger partial charge in [-0.1, -0.05) is 45.0 Å². The van der Waals surface area contributed by atoms with Crippen LogP contribution < -0.4 is 5.32 Å². The van der Waals surface area contributed by atoms with Crippen molar-refractivity contribution in [2.75, 3.05) is 0 Å². The van der Waals surface area contributed by atoms with Crippen LogP contribution in [0.2, 0.25) is 0 Å². The maximum absolute atomic E-state index is 11.0. The van der Waals surface area contributed by atoms with Gasteiger partial charge in [0.15, 0.2) is 0 Å². The Hall–Kier alpha value is -1.35. The number of carboxylic acid groups (broad SMARTS) is 1. The molecule has 1 aromatic rings. The Labute approximate surface area is 128 Å². The number of carboxylic acids is 1. The van der Waals surface area contributed by atoms with Crippen molar-refractivity contribution >= 4 is 5.97 Å². The van der Waals surface area contributed by atoms with Crippen molar-refractivity contribution in [3.05, 3.63) is 35.4 Å². The molecule has 1 atom stereocenters. The van der Waals surface area contributed by atoms with E-state index in [1.165, 1.54) is 5.56 Å². The van der Waals surface area contributed by atoms with Crippen LogP contribution in [0.4, 0.5) is 0 Å². The monoisotopic (exact) mass is 291 g/mol. The van der Waals surface area contributed by atoms with E-state index >= 15 is 0 Å². The SMILES string of the molecule is CC(C(=O)O)c1ccc(CNC(C)(C)CC(C)(C)C)cc1. The molecular formula is C18H29NO2. The summed E-state index contributed by atoms with van der Waals surface area (Å²) in [6.45, 7) is 13.7. The third-order valence-corrected chi connectivity index (χ3v) is 3.59. The Morgan fingerprint density at radius 3 is 2.10 bits per heavy atom. The lowest BCUT2D eigenvalue weighted by Gasteiger charge is -2.33. The summed E-state index contributed by atoms with van der Waals surface area (Å²) in [5.41, 5.74) is 2.39. The Morgan fingerprint density at radius 1 is 1.14 bits per heavy atom. The average Bonchev–Trinajstić information content (AvgIpc) is 2.33. The summed E-state index contributed by atoms with van der Waals surface area (Å²) in [5, 5.41) is 12.6. The molecule has 21 heavy (non-hydrogen) atoms. The second-order valence-corrected chi connectivity index (χ2v) is 7.78. The highest BCUT2D eigenvalue weighted by Crippen LogP contribution is 2.27. The Morgan fingerprint density at radius 2 is 1.67 bits per heavy atom. The number of hydrogen-bond acceptors (Lipinski definition) is 2. The molecule has 0 aliphatic heterocycles. The molecule has 1 rings (SSSR count). The summed E-state index contributed by atoms with van der Waals surface area (Å²) < 4.78 is 0. The minimum Gasteiger partial charge on any atom is -0.481 e. The first-order valence-corrected chi connectivity index (χ1v) is 7.57. The van der Waals surface area contributed by atoms with Crippen molar-refractivity contribution in [3.8, 4) is 0 Å². The van der Waals surface area contributed by atoms with Gasteiger partial charge in [-0.15, -0.1) is 0 Å². The van der Waals surface area contributed by atoms with Crippen LogP contribution in [0.25, 0.3) is 0 Å². The van der Waals surface area contributed by atoms with Gasteiger partial charge in [0, 0.05) is 12.1 Å². The van der Waals surface area contributed by atoms with Gasteiger partial charge in [0.25, 0.3) is 0 Å². The average molecular weight is 291 g/mol. The number of hydrogen-bond donors (Lipinski definition) is 2. The zero-order chi connectivity index (χ0) is 16.3. The van der Waals surface area contributed by atoms with Gasteiger partial charge in [-0.25, -0.2) is 0 Å². The molecule has 0 aliphatic rings. The highest BCUT2D eigenvalue weighted by Gasteiger charge is 2.24. The highest BCUT2D eigenvalue weighted by molar-refractivity contribution is 5.75. The molecule has 0 aliphatic carbocycles. The van der Waals surface area contributed by atoms with Crippen LogP contribution in [0, 0.1) is 5.41 Å². The summed E-state index contributed by atoms with van der Waals surface area (Å²) in [6.07, 6.45) is 1.09. The van der Waals surface area contributed by atoms with E-state index in [1.807, 2.05) is 24.3 Å². The topological polar surface area (TPSA) is 49.3 Å². The van der Waals surface area contributed by atoms with E-state index in [4.69, 9.17) is 5.11 Å². The van der Waals surface area contributed by atoms with Crippen molar-refractivity contribution < 1.29 is 9.90 Å². The molecule has 1 unspecified atom stereocenters. The molecule has 0 saturated carbocycles. The van der Waals surface area contributed by atoms with Gasteiger partial charge in [0.1, 0.15) is 0 Å². The van der Waals surface area contributed by atoms with Gasteiger partial charge in [-0.05, 0) is 43.7 Å². The fourth-order valence-electron chi connectivity index (χ4n) is 2.80. The molecular weight excluding hydrogens is 262 g/mol. The van der Waals surface area contributed by atoms with Crippen molar-refractivity contribution in [1.82, 2.24) is 5.32 Å². The maximum atomic E-state index is 11.0. The molecule has 1 aromatic carbocycles. The maximum Gasteiger partial charge on any atom is 0.310 e. The molecule has 0 heterocycles. The van der Waals surface area contributed by atoms with Crippen molar-refractivity contribution in [3.63, 3.8) is 0 Å². The third kappa shape index (κ3) is 6.30. The zero-order valence-corrected chi connectivity index (χ0v) is 14.2. The smallest absolute Gasteiger partial charge is 0.310 e. The Bertz CT molecular complexity index is 469. The summed E-state index contributed by atoms with van der Waals surface area (Å²) >= 11 is 0. The first kappa shape index (κ1) is 17.7. The Kier molecular flexibility index (Phi) is 5.57. The number of carbonyl (C=O) groups is 1. The van der Waals surface area contributed by atoms with Crippen LogP contribution in [-0.2, 0) is 11.3 Å². The molecule has 3 nitrogen and oxygen atoms in total. The third-order valence-electron chi connectivity index (χ3n) is 3.59. The number of benzene rings is 1. The summed E-state index contributed by atoms with van der Waals surface area (Å²) in [4.78, 5) is 11.0. The summed E-state index contributed by atoms with van der Waals surface area (Å²) in [6, 6.07) is 7.84. The lowest BCUT2D eigenvalue weighted by Crippen LogP contribution is -2.41. The summed E-state index contributed by atoms with van der Waals surface area (Å²) in [7, 11) is 0. The van der Waals surface area contributed by atoms with E-state index in [2.05, 4.69) is 39.9 Å². The minimum absolute atomic E-state index is 0.0747. The van der Waals surface area contributed by atoms with Gasteiger partial charge in [-0.3, -0.25) is 4.79 Å². The molecule has 0 aromatic heterocycles. The van der Waals surface area contributed by atoms with Crippen LogP contribution in [0.3, 0.4) is 0 Å².